The fourth-order valence-electron chi connectivity index (χ4n) is 3.31. The standard InChI is InChI=1S/C18H27N3O/c1-14-8-9-15(17(12-14)21-10-3-4-11-21)13-19-18(22)20(2)16-6-5-7-16/h8-9,12,16H,3-7,10-11,13H2,1-2H3,(H,19,22). The lowest BCUT2D eigenvalue weighted by Gasteiger charge is -2.34. The molecule has 2 aliphatic rings. The first-order chi connectivity index (χ1) is 10.6. The van der Waals surface area contributed by atoms with Gasteiger partial charge in [0.1, 0.15) is 0 Å². The van der Waals surface area contributed by atoms with Crippen molar-refractivity contribution in [1.29, 1.82) is 0 Å². The molecule has 0 atom stereocenters. The lowest BCUT2D eigenvalue weighted by atomic mass is 9.92. The minimum absolute atomic E-state index is 0.0534. The number of carbonyl (C=O) groups excluding carboxylic acids is 1. The number of carbonyl (C=O) groups is 1. The van der Waals surface area contributed by atoms with Gasteiger partial charge in [-0.3, -0.25) is 0 Å². The van der Waals surface area contributed by atoms with Crippen LogP contribution in [-0.2, 0) is 6.54 Å². The molecule has 22 heavy (non-hydrogen) atoms. The Bertz CT molecular complexity index is 533. The topological polar surface area (TPSA) is 35.6 Å². The van der Waals surface area contributed by atoms with Crippen LogP contribution in [-0.4, -0.2) is 37.1 Å². The van der Waals surface area contributed by atoms with Gasteiger partial charge < -0.3 is 15.1 Å². The molecule has 0 bridgehead atoms. The Morgan fingerprint density at radius 3 is 2.64 bits per heavy atom. The van der Waals surface area contributed by atoms with Gasteiger partial charge in [-0.05, 0) is 56.2 Å². The van der Waals surface area contributed by atoms with E-state index in [1.807, 2.05) is 11.9 Å². The van der Waals surface area contributed by atoms with Crippen LogP contribution in [0, 0.1) is 6.92 Å². The summed E-state index contributed by atoms with van der Waals surface area (Å²) in [6.45, 7) is 5.01. The van der Waals surface area contributed by atoms with Crippen LogP contribution < -0.4 is 10.2 Å². The van der Waals surface area contributed by atoms with Crippen LogP contribution >= 0.6 is 0 Å². The fraction of sp³-hybridized carbons (Fsp3) is 0.611. The monoisotopic (exact) mass is 301 g/mol. The predicted molar refractivity (Wildman–Crippen MR) is 90.3 cm³/mol. The third kappa shape index (κ3) is 3.21. The molecule has 1 aromatic rings. The summed E-state index contributed by atoms with van der Waals surface area (Å²) < 4.78 is 0. The van der Waals surface area contributed by atoms with E-state index in [9.17, 15) is 4.79 Å². The number of nitrogens with one attached hydrogen (secondary N) is 1. The average Bonchev–Trinajstić information content (AvgIpc) is 2.97. The molecule has 1 aromatic carbocycles. The summed E-state index contributed by atoms with van der Waals surface area (Å²) in [5.74, 6) is 0. The molecule has 3 rings (SSSR count). The van der Waals surface area contributed by atoms with Crippen LogP contribution in [0.3, 0.4) is 0 Å². The number of aryl methyl sites for hydroxylation is 1. The summed E-state index contributed by atoms with van der Waals surface area (Å²) in [7, 11) is 1.91. The van der Waals surface area contributed by atoms with Crippen molar-refractivity contribution in [2.24, 2.45) is 0 Å². The molecule has 4 nitrogen and oxygen atoms in total. The molecule has 1 N–H and O–H groups in total. The lowest BCUT2D eigenvalue weighted by molar-refractivity contribution is 0.157. The number of rotatable bonds is 4. The first kappa shape index (κ1) is 15.2. The van der Waals surface area contributed by atoms with Crippen molar-refractivity contribution in [3.63, 3.8) is 0 Å². The summed E-state index contributed by atoms with van der Waals surface area (Å²) in [5.41, 5.74) is 3.80. The van der Waals surface area contributed by atoms with Crippen LogP contribution in [0.15, 0.2) is 18.2 Å². The highest BCUT2D eigenvalue weighted by molar-refractivity contribution is 5.74. The van der Waals surface area contributed by atoms with E-state index in [4.69, 9.17) is 0 Å². The van der Waals surface area contributed by atoms with E-state index in [2.05, 4.69) is 35.3 Å². The van der Waals surface area contributed by atoms with Crippen molar-refractivity contribution < 1.29 is 4.79 Å². The quantitative estimate of drug-likeness (QED) is 0.926. The third-order valence-corrected chi connectivity index (χ3v) is 5.06. The molecule has 120 valence electrons. The third-order valence-electron chi connectivity index (χ3n) is 5.06. The lowest BCUT2D eigenvalue weighted by Crippen LogP contribution is -2.46. The first-order valence-corrected chi connectivity index (χ1v) is 8.50. The summed E-state index contributed by atoms with van der Waals surface area (Å²) in [5, 5.41) is 3.09. The molecule has 1 aliphatic heterocycles. The smallest absolute Gasteiger partial charge is 0.317 e. The van der Waals surface area contributed by atoms with E-state index in [0.717, 1.165) is 25.9 Å². The highest BCUT2D eigenvalue weighted by atomic mass is 16.2. The normalized spacial score (nSPS) is 18.2. The second-order valence-corrected chi connectivity index (χ2v) is 6.68. The number of hydrogen-bond donors (Lipinski definition) is 1. The molecule has 2 fully saturated rings. The van der Waals surface area contributed by atoms with Gasteiger partial charge in [0.05, 0.1) is 0 Å². The van der Waals surface area contributed by atoms with Gasteiger partial charge in [-0.2, -0.15) is 0 Å². The molecule has 2 amide bonds. The molecule has 0 radical (unpaired) electrons. The number of benzene rings is 1. The Labute approximate surface area is 133 Å². The Balaban J connectivity index is 1.65. The van der Waals surface area contributed by atoms with Gasteiger partial charge >= 0.3 is 6.03 Å². The van der Waals surface area contributed by atoms with E-state index in [0.29, 0.717) is 12.6 Å². The SMILES string of the molecule is Cc1ccc(CNC(=O)N(C)C2CCC2)c(N2CCCC2)c1. The van der Waals surface area contributed by atoms with E-state index < -0.39 is 0 Å². The van der Waals surface area contributed by atoms with Gasteiger partial charge in [-0.1, -0.05) is 12.1 Å². The van der Waals surface area contributed by atoms with Gasteiger partial charge in [-0.15, -0.1) is 0 Å². The second-order valence-electron chi connectivity index (χ2n) is 6.68. The molecular formula is C18H27N3O. The van der Waals surface area contributed by atoms with Crippen molar-refractivity contribution >= 4 is 11.7 Å². The molecule has 1 heterocycles. The fourth-order valence-corrected chi connectivity index (χ4v) is 3.31. The predicted octanol–water partition coefficient (Wildman–Crippen LogP) is 3.29. The Morgan fingerprint density at radius 2 is 2.00 bits per heavy atom. The number of urea groups is 1. The number of amides is 2. The minimum atomic E-state index is 0.0534. The largest absolute Gasteiger partial charge is 0.371 e. The summed E-state index contributed by atoms with van der Waals surface area (Å²) in [6, 6.07) is 7.04. The maximum Gasteiger partial charge on any atom is 0.317 e. The average molecular weight is 301 g/mol. The van der Waals surface area contributed by atoms with E-state index in [1.165, 1.54) is 36.1 Å². The van der Waals surface area contributed by atoms with Gasteiger partial charge in [-0.25, -0.2) is 4.79 Å². The van der Waals surface area contributed by atoms with Crippen molar-refractivity contribution in [2.75, 3.05) is 25.0 Å². The highest BCUT2D eigenvalue weighted by Crippen LogP contribution is 2.26. The molecule has 4 heteroatoms. The molecule has 1 saturated carbocycles. The number of hydrogen-bond acceptors (Lipinski definition) is 2. The number of nitrogens with zero attached hydrogens (tertiary/aromatic N) is 2. The van der Waals surface area contributed by atoms with Crippen molar-refractivity contribution in [3.05, 3.63) is 29.3 Å². The van der Waals surface area contributed by atoms with Gasteiger partial charge in [0.2, 0.25) is 0 Å². The summed E-state index contributed by atoms with van der Waals surface area (Å²) in [6.07, 6.45) is 6.08. The second kappa shape index (κ2) is 6.59. The van der Waals surface area contributed by atoms with Gasteiger partial charge in [0, 0.05) is 38.4 Å². The van der Waals surface area contributed by atoms with Crippen molar-refractivity contribution in [1.82, 2.24) is 10.2 Å². The molecule has 0 unspecified atom stereocenters. The van der Waals surface area contributed by atoms with E-state index in [-0.39, 0.29) is 6.03 Å². The zero-order chi connectivity index (χ0) is 15.5. The summed E-state index contributed by atoms with van der Waals surface area (Å²) >= 11 is 0. The van der Waals surface area contributed by atoms with Crippen molar-refractivity contribution in [3.8, 4) is 0 Å². The maximum atomic E-state index is 12.3. The van der Waals surface area contributed by atoms with Gasteiger partial charge in [0.15, 0.2) is 0 Å². The zero-order valence-electron chi connectivity index (χ0n) is 13.8. The minimum Gasteiger partial charge on any atom is -0.371 e. The summed E-state index contributed by atoms with van der Waals surface area (Å²) in [4.78, 5) is 16.6. The van der Waals surface area contributed by atoms with Crippen LogP contribution in [0.25, 0.3) is 0 Å². The Morgan fingerprint density at radius 1 is 1.27 bits per heavy atom. The van der Waals surface area contributed by atoms with Gasteiger partial charge in [0.25, 0.3) is 0 Å². The van der Waals surface area contributed by atoms with Crippen LogP contribution in [0.2, 0.25) is 0 Å². The Kier molecular flexibility index (Phi) is 4.55. The van der Waals surface area contributed by atoms with Crippen molar-refractivity contribution in [2.45, 2.75) is 51.6 Å². The first-order valence-electron chi connectivity index (χ1n) is 8.50. The van der Waals surface area contributed by atoms with Crippen LogP contribution in [0.1, 0.15) is 43.2 Å². The van der Waals surface area contributed by atoms with Crippen LogP contribution in [0.5, 0.6) is 0 Å². The van der Waals surface area contributed by atoms with Crippen LogP contribution in [0.4, 0.5) is 10.5 Å². The molecule has 0 aromatic heterocycles. The Hall–Kier alpha value is -1.71. The van der Waals surface area contributed by atoms with E-state index >= 15 is 0 Å². The maximum absolute atomic E-state index is 12.3. The molecule has 1 aliphatic carbocycles. The molecule has 1 saturated heterocycles. The number of anilines is 1. The highest BCUT2D eigenvalue weighted by Gasteiger charge is 2.25. The molecular weight excluding hydrogens is 274 g/mol. The molecule has 0 spiro atoms. The van der Waals surface area contributed by atoms with E-state index in [1.54, 1.807) is 0 Å². The zero-order valence-corrected chi connectivity index (χ0v) is 13.8.